The molecule has 25 heavy (non-hydrogen) atoms. The van der Waals surface area contributed by atoms with Gasteiger partial charge < -0.3 is 9.73 Å². The molecule has 2 heterocycles. The minimum atomic E-state index is -0.112. The van der Waals surface area contributed by atoms with Crippen molar-refractivity contribution < 1.29 is 9.21 Å². The molecule has 1 saturated carbocycles. The van der Waals surface area contributed by atoms with Gasteiger partial charge >= 0.3 is 0 Å². The summed E-state index contributed by atoms with van der Waals surface area (Å²) in [5.74, 6) is 1.36. The summed E-state index contributed by atoms with van der Waals surface area (Å²) in [6, 6.07) is 7.58. The molecule has 6 nitrogen and oxygen atoms in total. The normalized spacial score (nSPS) is 14.4. The van der Waals surface area contributed by atoms with E-state index < -0.39 is 0 Å². The molecule has 0 spiro atoms. The average molecular weight is 338 g/mol. The van der Waals surface area contributed by atoms with E-state index in [-0.39, 0.29) is 12.5 Å². The van der Waals surface area contributed by atoms with E-state index >= 15 is 0 Å². The summed E-state index contributed by atoms with van der Waals surface area (Å²) in [5.41, 5.74) is 3.29. The molecule has 6 heteroatoms. The highest BCUT2D eigenvalue weighted by molar-refractivity contribution is 5.95. The predicted octanol–water partition coefficient (Wildman–Crippen LogP) is 3.49. The van der Waals surface area contributed by atoms with Crippen LogP contribution in [-0.4, -0.2) is 20.7 Å². The van der Waals surface area contributed by atoms with E-state index in [1.807, 2.05) is 28.9 Å². The Bertz CT molecular complexity index is 872. The number of carbonyl (C=O) groups excluding carboxylic acids is 1. The van der Waals surface area contributed by atoms with Gasteiger partial charge in [-0.05, 0) is 30.9 Å². The number of amides is 1. The number of nitrogens with one attached hydrogen (secondary N) is 1. The predicted molar refractivity (Wildman–Crippen MR) is 94.2 cm³/mol. The number of hydrogen-bond donors (Lipinski definition) is 1. The number of aromatic nitrogens is 3. The highest BCUT2D eigenvalue weighted by atomic mass is 16.3. The largest absolute Gasteiger partial charge is 0.439 e. The second-order valence-electron chi connectivity index (χ2n) is 7.05. The van der Waals surface area contributed by atoms with Crippen LogP contribution in [0.25, 0.3) is 11.1 Å². The van der Waals surface area contributed by atoms with E-state index in [2.05, 4.69) is 29.2 Å². The molecule has 130 valence electrons. The molecule has 1 aliphatic carbocycles. The van der Waals surface area contributed by atoms with E-state index in [4.69, 9.17) is 4.42 Å². The van der Waals surface area contributed by atoms with Gasteiger partial charge in [-0.2, -0.15) is 5.10 Å². The van der Waals surface area contributed by atoms with Crippen molar-refractivity contribution in [1.29, 1.82) is 0 Å². The van der Waals surface area contributed by atoms with Crippen molar-refractivity contribution in [3.63, 3.8) is 0 Å². The van der Waals surface area contributed by atoms with Gasteiger partial charge in [0.25, 0.3) is 5.91 Å². The minimum absolute atomic E-state index is 0.112. The minimum Gasteiger partial charge on any atom is -0.439 e. The summed E-state index contributed by atoms with van der Waals surface area (Å²) >= 11 is 0. The topological polar surface area (TPSA) is 73.0 Å². The summed E-state index contributed by atoms with van der Waals surface area (Å²) < 4.78 is 7.65. The molecule has 1 fully saturated rings. The lowest BCUT2D eigenvalue weighted by atomic mass is 10.1. The fourth-order valence-corrected chi connectivity index (χ4v) is 3.10. The van der Waals surface area contributed by atoms with Crippen LogP contribution in [0.15, 0.2) is 34.9 Å². The summed E-state index contributed by atoms with van der Waals surface area (Å²) in [6.07, 6.45) is 3.96. The number of nitrogens with zero attached hydrogens (tertiary/aromatic N) is 3. The lowest BCUT2D eigenvalue weighted by molar-refractivity contribution is 0.0946. The molecule has 0 saturated heterocycles. The molecule has 1 aromatic carbocycles. The number of oxazole rings is 1. The summed E-state index contributed by atoms with van der Waals surface area (Å²) in [5, 5.41) is 7.36. The quantitative estimate of drug-likeness (QED) is 0.747. The molecule has 0 radical (unpaired) electrons. The summed E-state index contributed by atoms with van der Waals surface area (Å²) in [4.78, 5) is 17.0. The van der Waals surface area contributed by atoms with Crippen molar-refractivity contribution in [1.82, 2.24) is 20.1 Å². The fourth-order valence-electron chi connectivity index (χ4n) is 3.10. The number of para-hydroxylation sites is 2. The van der Waals surface area contributed by atoms with Crippen LogP contribution in [0.5, 0.6) is 0 Å². The number of benzene rings is 1. The molecule has 0 unspecified atom stereocenters. The highest BCUT2D eigenvalue weighted by Crippen LogP contribution is 2.41. The number of carbonyl (C=O) groups is 1. The second kappa shape index (κ2) is 6.35. The maximum absolute atomic E-state index is 12.7. The van der Waals surface area contributed by atoms with Crippen molar-refractivity contribution >= 4 is 17.0 Å². The number of fused-ring (bicyclic) bond motifs is 1. The number of hydrogen-bond acceptors (Lipinski definition) is 4. The molecule has 0 bridgehead atoms. The standard InChI is InChI=1S/C19H22N4O2/c1-12(2)11-23-18(13-7-8-13)14(9-21-23)19(24)20-10-17-22-15-5-3-4-6-16(15)25-17/h3-6,9,12-13H,7-8,10-11H2,1-2H3,(H,20,24). The first-order valence-electron chi connectivity index (χ1n) is 8.80. The molecule has 0 aliphatic heterocycles. The van der Waals surface area contributed by atoms with Gasteiger partial charge in [-0.15, -0.1) is 0 Å². The zero-order chi connectivity index (χ0) is 17.4. The Kier molecular flexibility index (Phi) is 4.03. The molecule has 1 N–H and O–H groups in total. The zero-order valence-electron chi connectivity index (χ0n) is 14.5. The summed E-state index contributed by atoms with van der Waals surface area (Å²) in [7, 11) is 0. The third-order valence-electron chi connectivity index (χ3n) is 4.37. The van der Waals surface area contributed by atoms with Gasteiger partial charge in [0.05, 0.1) is 24.0 Å². The van der Waals surface area contributed by atoms with Crippen molar-refractivity contribution in [2.24, 2.45) is 5.92 Å². The zero-order valence-corrected chi connectivity index (χ0v) is 14.5. The fraction of sp³-hybridized carbons (Fsp3) is 0.421. The Hall–Kier alpha value is -2.63. The van der Waals surface area contributed by atoms with Crippen LogP contribution in [0.4, 0.5) is 0 Å². The van der Waals surface area contributed by atoms with Gasteiger partial charge in [-0.3, -0.25) is 9.48 Å². The Balaban J connectivity index is 1.50. The van der Waals surface area contributed by atoms with Gasteiger partial charge in [0.1, 0.15) is 5.52 Å². The van der Waals surface area contributed by atoms with Crippen LogP contribution < -0.4 is 5.32 Å². The Morgan fingerprint density at radius 1 is 1.36 bits per heavy atom. The molecule has 0 atom stereocenters. The van der Waals surface area contributed by atoms with Crippen LogP contribution >= 0.6 is 0 Å². The highest BCUT2D eigenvalue weighted by Gasteiger charge is 2.32. The van der Waals surface area contributed by atoms with E-state index in [1.54, 1.807) is 6.20 Å². The van der Waals surface area contributed by atoms with Gasteiger partial charge in [0.15, 0.2) is 5.58 Å². The van der Waals surface area contributed by atoms with Crippen molar-refractivity contribution in [2.45, 2.75) is 45.7 Å². The molecule has 2 aromatic heterocycles. The van der Waals surface area contributed by atoms with E-state index in [0.29, 0.717) is 23.3 Å². The third-order valence-corrected chi connectivity index (χ3v) is 4.37. The molecular formula is C19H22N4O2. The van der Waals surface area contributed by atoms with Gasteiger partial charge in [0.2, 0.25) is 5.89 Å². The smallest absolute Gasteiger partial charge is 0.255 e. The van der Waals surface area contributed by atoms with Gasteiger partial charge in [0, 0.05) is 12.5 Å². The summed E-state index contributed by atoms with van der Waals surface area (Å²) in [6.45, 7) is 5.42. The molecular weight excluding hydrogens is 316 g/mol. The van der Waals surface area contributed by atoms with E-state index in [0.717, 1.165) is 36.2 Å². The lowest BCUT2D eigenvalue weighted by Crippen LogP contribution is -2.24. The Morgan fingerprint density at radius 3 is 2.88 bits per heavy atom. The molecule has 4 rings (SSSR count). The SMILES string of the molecule is CC(C)Cn1ncc(C(=O)NCc2nc3ccccc3o2)c1C1CC1. The molecule has 1 amide bonds. The third kappa shape index (κ3) is 3.29. The lowest BCUT2D eigenvalue weighted by Gasteiger charge is -2.11. The first-order chi connectivity index (χ1) is 12.1. The van der Waals surface area contributed by atoms with Crippen LogP contribution in [0.3, 0.4) is 0 Å². The molecule has 1 aliphatic rings. The van der Waals surface area contributed by atoms with Crippen molar-refractivity contribution in [3.8, 4) is 0 Å². The number of rotatable bonds is 6. The molecule has 3 aromatic rings. The van der Waals surface area contributed by atoms with E-state index in [1.165, 1.54) is 0 Å². The van der Waals surface area contributed by atoms with Crippen LogP contribution in [-0.2, 0) is 13.1 Å². The maximum Gasteiger partial charge on any atom is 0.255 e. The van der Waals surface area contributed by atoms with Crippen LogP contribution in [0, 0.1) is 5.92 Å². The van der Waals surface area contributed by atoms with Crippen molar-refractivity contribution in [3.05, 3.63) is 47.6 Å². The Labute approximate surface area is 146 Å². The van der Waals surface area contributed by atoms with Crippen LogP contribution in [0.2, 0.25) is 0 Å². The average Bonchev–Trinajstić information content (AvgIpc) is 3.20. The van der Waals surface area contributed by atoms with Gasteiger partial charge in [-0.25, -0.2) is 4.98 Å². The second-order valence-corrected chi connectivity index (χ2v) is 7.05. The van der Waals surface area contributed by atoms with Gasteiger partial charge in [-0.1, -0.05) is 26.0 Å². The van der Waals surface area contributed by atoms with Crippen LogP contribution in [0.1, 0.15) is 54.5 Å². The first-order valence-corrected chi connectivity index (χ1v) is 8.80. The maximum atomic E-state index is 12.7. The van der Waals surface area contributed by atoms with E-state index in [9.17, 15) is 4.79 Å². The monoisotopic (exact) mass is 338 g/mol. The van der Waals surface area contributed by atoms with Crippen molar-refractivity contribution in [2.75, 3.05) is 0 Å². The Morgan fingerprint density at radius 2 is 2.16 bits per heavy atom. The first kappa shape index (κ1) is 15.9.